The van der Waals surface area contributed by atoms with E-state index in [1.807, 2.05) is 25.2 Å². The predicted molar refractivity (Wildman–Crippen MR) is 64.8 cm³/mol. The highest BCUT2D eigenvalue weighted by molar-refractivity contribution is 6.32. The molecule has 0 spiro atoms. The van der Waals surface area contributed by atoms with E-state index in [0.29, 0.717) is 5.02 Å². The van der Waals surface area contributed by atoms with E-state index in [2.05, 4.69) is 19.2 Å². The average Bonchev–Trinajstić information content (AvgIpc) is 2.17. The lowest BCUT2D eigenvalue weighted by Crippen LogP contribution is -2.38. The highest BCUT2D eigenvalue weighted by Crippen LogP contribution is 2.26. The Labute approximate surface area is 96.6 Å². The summed E-state index contributed by atoms with van der Waals surface area (Å²) in [7, 11) is 3.59. The Bertz CT molecular complexity index is 336. The first kappa shape index (κ1) is 12.3. The van der Waals surface area contributed by atoms with Crippen LogP contribution in [0.3, 0.4) is 0 Å². The quantitative estimate of drug-likeness (QED) is 0.854. The lowest BCUT2D eigenvalue weighted by Gasteiger charge is -2.24. The topological polar surface area (TPSA) is 21.3 Å². The van der Waals surface area contributed by atoms with Gasteiger partial charge >= 0.3 is 0 Å². The van der Waals surface area contributed by atoms with Crippen molar-refractivity contribution in [3.63, 3.8) is 0 Å². The smallest absolute Gasteiger partial charge is 0.137 e. The first-order valence-electron chi connectivity index (χ1n) is 5.00. The van der Waals surface area contributed by atoms with Crippen LogP contribution in [0.15, 0.2) is 18.2 Å². The molecule has 0 aliphatic heterocycles. The zero-order valence-electron chi connectivity index (χ0n) is 9.73. The molecule has 0 unspecified atom stereocenters. The first-order chi connectivity index (χ1) is 6.98. The fourth-order valence-electron chi connectivity index (χ4n) is 1.42. The lowest BCUT2D eigenvalue weighted by molar-refractivity contribution is 0.411. The second kappa shape index (κ2) is 4.86. The van der Waals surface area contributed by atoms with Crippen molar-refractivity contribution in [3.8, 4) is 5.75 Å². The van der Waals surface area contributed by atoms with Crippen LogP contribution in [-0.2, 0) is 6.42 Å². The van der Waals surface area contributed by atoms with Gasteiger partial charge in [0.05, 0.1) is 12.1 Å². The van der Waals surface area contributed by atoms with Gasteiger partial charge in [0.15, 0.2) is 0 Å². The van der Waals surface area contributed by atoms with Crippen molar-refractivity contribution >= 4 is 11.6 Å². The van der Waals surface area contributed by atoms with Crippen LogP contribution in [0.5, 0.6) is 5.75 Å². The number of halogens is 1. The van der Waals surface area contributed by atoms with Crippen LogP contribution in [0, 0.1) is 0 Å². The van der Waals surface area contributed by atoms with Crippen molar-refractivity contribution < 1.29 is 4.74 Å². The summed E-state index contributed by atoms with van der Waals surface area (Å²) < 4.78 is 5.11. The molecular weight excluding hydrogens is 210 g/mol. The molecule has 0 radical (unpaired) electrons. The molecule has 15 heavy (non-hydrogen) atoms. The third-order valence-electron chi connectivity index (χ3n) is 2.54. The zero-order valence-corrected chi connectivity index (χ0v) is 10.5. The van der Waals surface area contributed by atoms with E-state index in [1.54, 1.807) is 7.11 Å². The Kier molecular flexibility index (Phi) is 4.00. The predicted octanol–water partition coefficient (Wildman–Crippen LogP) is 2.89. The molecule has 1 N–H and O–H groups in total. The van der Waals surface area contributed by atoms with Crippen LogP contribution in [0.25, 0.3) is 0 Å². The number of likely N-dealkylation sites (N-methyl/N-ethyl adjacent to an activating group) is 1. The maximum absolute atomic E-state index is 6.06. The summed E-state index contributed by atoms with van der Waals surface area (Å²) in [6.07, 6.45) is 0.938. The van der Waals surface area contributed by atoms with Crippen molar-refractivity contribution in [2.24, 2.45) is 0 Å². The second-order valence-electron chi connectivity index (χ2n) is 4.28. The van der Waals surface area contributed by atoms with Gasteiger partial charge in [0, 0.05) is 5.54 Å². The Balaban J connectivity index is 2.84. The molecule has 84 valence electrons. The normalized spacial score (nSPS) is 11.5. The minimum atomic E-state index is 0.0813. The Morgan fingerprint density at radius 3 is 2.53 bits per heavy atom. The van der Waals surface area contributed by atoms with E-state index in [4.69, 9.17) is 16.3 Å². The number of hydrogen-bond acceptors (Lipinski definition) is 2. The molecule has 0 heterocycles. The first-order valence-corrected chi connectivity index (χ1v) is 5.37. The highest BCUT2D eigenvalue weighted by atomic mass is 35.5. The van der Waals surface area contributed by atoms with E-state index < -0.39 is 0 Å². The van der Waals surface area contributed by atoms with E-state index in [9.17, 15) is 0 Å². The molecule has 0 amide bonds. The molecule has 0 aromatic heterocycles. The summed E-state index contributed by atoms with van der Waals surface area (Å²) in [5.41, 5.74) is 1.29. The summed E-state index contributed by atoms with van der Waals surface area (Å²) >= 11 is 6.06. The van der Waals surface area contributed by atoms with Crippen molar-refractivity contribution in [2.45, 2.75) is 25.8 Å². The van der Waals surface area contributed by atoms with Crippen LogP contribution in [0.2, 0.25) is 5.02 Å². The third-order valence-corrected chi connectivity index (χ3v) is 2.83. The Morgan fingerprint density at radius 1 is 1.40 bits per heavy atom. The number of ether oxygens (including phenoxy) is 1. The SMILES string of the molecule is CNC(C)(C)Cc1ccc(OC)c(Cl)c1. The number of rotatable bonds is 4. The third kappa shape index (κ3) is 3.40. The monoisotopic (exact) mass is 227 g/mol. The summed E-state index contributed by atoms with van der Waals surface area (Å²) in [4.78, 5) is 0. The highest BCUT2D eigenvalue weighted by Gasteiger charge is 2.15. The van der Waals surface area contributed by atoms with Gasteiger partial charge in [0.1, 0.15) is 5.75 Å². The van der Waals surface area contributed by atoms with E-state index in [-0.39, 0.29) is 5.54 Å². The van der Waals surface area contributed by atoms with Crippen LogP contribution in [0.4, 0.5) is 0 Å². The molecule has 1 rings (SSSR count). The van der Waals surface area contributed by atoms with Crippen molar-refractivity contribution in [2.75, 3.05) is 14.2 Å². The summed E-state index contributed by atoms with van der Waals surface area (Å²) in [5, 5.41) is 3.93. The van der Waals surface area contributed by atoms with Gasteiger partial charge in [-0.3, -0.25) is 0 Å². The molecule has 1 aromatic rings. The molecule has 0 atom stereocenters. The van der Waals surface area contributed by atoms with E-state index in [1.165, 1.54) is 5.56 Å². The average molecular weight is 228 g/mol. The zero-order chi connectivity index (χ0) is 11.5. The molecule has 0 fully saturated rings. The molecule has 0 aliphatic rings. The van der Waals surface area contributed by atoms with Crippen LogP contribution < -0.4 is 10.1 Å². The number of nitrogens with one attached hydrogen (secondary N) is 1. The van der Waals surface area contributed by atoms with E-state index >= 15 is 0 Å². The van der Waals surface area contributed by atoms with Gasteiger partial charge in [-0.2, -0.15) is 0 Å². The minimum absolute atomic E-state index is 0.0813. The van der Waals surface area contributed by atoms with Crippen molar-refractivity contribution in [3.05, 3.63) is 28.8 Å². The molecule has 0 aliphatic carbocycles. The molecule has 0 saturated heterocycles. The molecule has 3 heteroatoms. The van der Waals surface area contributed by atoms with Crippen LogP contribution in [-0.4, -0.2) is 19.7 Å². The standard InChI is InChI=1S/C12H18ClNO/c1-12(2,14-3)8-9-5-6-11(15-4)10(13)7-9/h5-7,14H,8H2,1-4H3. The fourth-order valence-corrected chi connectivity index (χ4v) is 1.70. The van der Waals surface area contributed by atoms with E-state index in [0.717, 1.165) is 12.2 Å². The van der Waals surface area contributed by atoms with Gasteiger partial charge in [-0.15, -0.1) is 0 Å². The lowest BCUT2D eigenvalue weighted by atomic mass is 9.95. The van der Waals surface area contributed by atoms with Crippen molar-refractivity contribution in [1.29, 1.82) is 0 Å². The van der Waals surface area contributed by atoms with Crippen LogP contribution in [0.1, 0.15) is 19.4 Å². The van der Waals surface area contributed by atoms with Gasteiger partial charge in [0.25, 0.3) is 0 Å². The van der Waals surface area contributed by atoms with Gasteiger partial charge in [-0.05, 0) is 45.0 Å². The minimum Gasteiger partial charge on any atom is -0.495 e. The van der Waals surface area contributed by atoms with Gasteiger partial charge in [0.2, 0.25) is 0 Å². The molecule has 0 saturated carbocycles. The summed E-state index contributed by atoms with van der Waals surface area (Å²) in [6.45, 7) is 4.32. The molecule has 0 bridgehead atoms. The number of methoxy groups -OCH3 is 1. The summed E-state index contributed by atoms with van der Waals surface area (Å²) in [5.74, 6) is 0.725. The number of hydrogen-bond donors (Lipinski definition) is 1. The maximum atomic E-state index is 6.06. The van der Waals surface area contributed by atoms with Gasteiger partial charge in [-0.25, -0.2) is 0 Å². The molecule has 2 nitrogen and oxygen atoms in total. The second-order valence-corrected chi connectivity index (χ2v) is 4.69. The Hall–Kier alpha value is -0.730. The number of benzene rings is 1. The summed E-state index contributed by atoms with van der Waals surface area (Å²) in [6, 6.07) is 5.91. The Morgan fingerprint density at radius 2 is 2.07 bits per heavy atom. The maximum Gasteiger partial charge on any atom is 0.137 e. The largest absolute Gasteiger partial charge is 0.495 e. The van der Waals surface area contributed by atoms with Gasteiger partial charge in [-0.1, -0.05) is 17.7 Å². The van der Waals surface area contributed by atoms with Crippen molar-refractivity contribution in [1.82, 2.24) is 5.32 Å². The van der Waals surface area contributed by atoms with Crippen LogP contribution >= 0.6 is 11.6 Å². The molecule has 1 aromatic carbocycles. The van der Waals surface area contributed by atoms with Gasteiger partial charge < -0.3 is 10.1 Å². The fraction of sp³-hybridized carbons (Fsp3) is 0.500. The molecular formula is C12H18ClNO.